The number of rotatable bonds is 3. The molecule has 98 valence electrons. The summed E-state index contributed by atoms with van der Waals surface area (Å²) in [6, 6.07) is 3.27. The Morgan fingerprint density at radius 2 is 2.33 bits per heavy atom. The second kappa shape index (κ2) is 5.07. The molecule has 1 N–H and O–H groups in total. The normalized spacial score (nSPS) is 24.3. The average Bonchev–Trinajstić information content (AvgIpc) is 2.74. The van der Waals surface area contributed by atoms with E-state index in [1.807, 2.05) is 26.0 Å². The van der Waals surface area contributed by atoms with Gasteiger partial charge in [-0.25, -0.2) is 4.79 Å². The molecule has 6 heteroatoms. The molecule has 2 atom stereocenters. The maximum Gasteiger partial charge on any atom is 0.335 e. The quantitative estimate of drug-likeness (QED) is 0.901. The molecule has 1 aromatic heterocycles. The van der Waals surface area contributed by atoms with Crippen LogP contribution in [0.2, 0.25) is 0 Å². The van der Waals surface area contributed by atoms with Crippen LogP contribution in [-0.2, 0) is 14.3 Å². The van der Waals surface area contributed by atoms with E-state index >= 15 is 0 Å². The molecule has 0 spiro atoms. The number of ether oxygens (including phenoxy) is 1. The van der Waals surface area contributed by atoms with Crippen molar-refractivity contribution in [1.82, 2.24) is 4.90 Å². The van der Waals surface area contributed by atoms with Gasteiger partial charge in [-0.2, -0.15) is 0 Å². The van der Waals surface area contributed by atoms with Gasteiger partial charge >= 0.3 is 5.97 Å². The van der Waals surface area contributed by atoms with Gasteiger partial charge in [0.25, 0.3) is 0 Å². The van der Waals surface area contributed by atoms with Crippen LogP contribution in [0.5, 0.6) is 0 Å². The van der Waals surface area contributed by atoms with Gasteiger partial charge in [0.15, 0.2) is 6.10 Å². The lowest BCUT2D eigenvalue weighted by Crippen LogP contribution is -2.51. The molecular formula is C12H15NO4S. The van der Waals surface area contributed by atoms with Gasteiger partial charge in [0, 0.05) is 16.3 Å². The first-order valence-electron chi connectivity index (χ1n) is 5.74. The molecule has 0 saturated carbocycles. The second-order valence-electron chi connectivity index (χ2n) is 4.14. The van der Waals surface area contributed by atoms with Crippen molar-refractivity contribution in [2.24, 2.45) is 0 Å². The molecular weight excluding hydrogens is 254 g/mol. The Balaban J connectivity index is 2.39. The van der Waals surface area contributed by atoms with E-state index in [0.717, 1.165) is 9.75 Å². The van der Waals surface area contributed by atoms with Crippen LogP contribution < -0.4 is 0 Å². The highest BCUT2D eigenvalue weighted by Gasteiger charge is 2.41. The van der Waals surface area contributed by atoms with Crippen LogP contribution in [0.25, 0.3) is 0 Å². The minimum Gasteiger partial charge on any atom is -0.479 e. The van der Waals surface area contributed by atoms with E-state index < -0.39 is 18.1 Å². The Morgan fingerprint density at radius 3 is 2.83 bits per heavy atom. The highest BCUT2D eigenvalue weighted by Crippen LogP contribution is 2.34. The van der Waals surface area contributed by atoms with Crippen molar-refractivity contribution >= 4 is 23.2 Å². The number of carbonyl (C=O) groups excluding carboxylic acids is 1. The number of nitrogens with zero attached hydrogens (tertiary/aromatic N) is 1. The predicted octanol–water partition coefficient (Wildman–Crippen LogP) is 1.43. The summed E-state index contributed by atoms with van der Waals surface area (Å²) in [4.78, 5) is 26.6. The van der Waals surface area contributed by atoms with Gasteiger partial charge in [-0.15, -0.1) is 11.3 Å². The van der Waals surface area contributed by atoms with E-state index in [4.69, 9.17) is 4.74 Å². The standard InChI is InChI=1S/C12H15NO4S/c1-3-13-9(14)6-17-11(12(15)16)10(13)8-5-4-7(2)18-8/h4-5,10-11H,3,6H2,1-2H3,(H,15,16). The molecule has 5 nitrogen and oxygen atoms in total. The van der Waals surface area contributed by atoms with E-state index in [1.165, 1.54) is 11.3 Å². The number of carboxylic acid groups (broad SMARTS) is 1. The molecule has 0 bridgehead atoms. The molecule has 1 aliphatic heterocycles. The van der Waals surface area contributed by atoms with Crippen LogP contribution in [0.3, 0.4) is 0 Å². The van der Waals surface area contributed by atoms with E-state index in [1.54, 1.807) is 4.90 Å². The highest BCUT2D eigenvalue weighted by atomic mass is 32.1. The molecule has 2 heterocycles. The molecule has 0 aromatic carbocycles. The summed E-state index contributed by atoms with van der Waals surface area (Å²) >= 11 is 1.50. The lowest BCUT2D eigenvalue weighted by molar-refractivity contribution is -0.172. The number of morpholine rings is 1. The van der Waals surface area contributed by atoms with Gasteiger partial charge in [0.1, 0.15) is 12.6 Å². The monoisotopic (exact) mass is 269 g/mol. The largest absolute Gasteiger partial charge is 0.479 e. The molecule has 0 aliphatic carbocycles. The van der Waals surface area contributed by atoms with Crippen molar-refractivity contribution in [3.63, 3.8) is 0 Å². The van der Waals surface area contributed by atoms with Crippen LogP contribution in [-0.4, -0.2) is 41.1 Å². The third-order valence-corrected chi connectivity index (χ3v) is 4.04. The number of aryl methyl sites for hydroxylation is 1. The lowest BCUT2D eigenvalue weighted by Gasteiger charge is -2.38. The lowest BCUT2D eigenvalue weighted by atomic mass is 10.1. The number of carbonyl (C=O) groups is 2. The molecule has 1 aliphatic rings. The third-order valence-electron chi connectivity index (χ3n) is 2.97. The first kappa shape index (κ1) is 13.0. The minimum atomic E-state index is -1.03. The molecule has 1 aromatic rings. The topological polar surface area (TPSA) is 66.8 Å². The van der Waals surface area contributed by atoms with Gasteiger partial charge in [0.05, 0.1) is 0 Å². The zero-order valence-corrected chi connectivity index (χ0v) is 11.1. The van der Waals surface area contributed by atoms with E-state index in [9.17, 15) is 14.7 Å². The summed E-state index contributed by atoms with van der Waals surface area (Å²) < 4.78 is 5.18. The van der Waals surface area contributed by atoms with Gasteiger partial charge < -0.3 is 14.7 Å². The van der Waals surface area contributed by atoms with Gasteiger partial charge in [0.2, 0.25) is 5.91 Å². The average molecular weight is 269 g/mol. The maximum absolute atomic E-state index is 11.8. The van der Waals surface area contributed by atoms with E-state index in [2.05, 4.69) is 0 Å². The fourth-order valence-corrected chi connectivity index (χ4v) is 3.16. The molecule has 1 fully saturated rings. The van der Waals surface area contributed by atoms with Crippen molar-refractivity contribution in [2.45, 2.75) is 26.0 Å². The predicted molar refractivity (Wildman–Crippen MR) is 66.6 cm³/mol. The smallest absolute Gasteiger partial charge is 0.335 e. The number of thiophene rings is 1. The summed E-state index contributed by atoms with van der Waals surface area (Å²) in [7, 11) is 0. The Bertz CT molecular complexity index is 468. The summed E-state index contributed by atoms with van der Waals surface area (Å²) in [5.74, 6) is -1.19. The second-order valence-corrected chi connectivity index (χ2v) is 5.46. The Kier molecular flexibility index (Phi) is 3.68. The van der Waals surface area contributed by atoms with Crippen molar-refractivity contribution < 1.29 is 19.4 Å². The molecule has 2 unspecified atom stereocenters. The number of hydrogen-bond donors (Lipinski definition) is 1. The van der Waals surface area contributed by atoms with Gasteiger partial charge in [-0.1, -0.05) is 0 Å². The number of hydrogen-bond acceptors (Lipinski definition) is 4. The zero-order valence-electron chi connectivity index (χ0n) is 10.3. The fraction of sp³-hybridized carbons (Fsp3) is 0.500. The van der Waals surface area contributed by atoms with Crippen molar-refractivity contribution in [1.29, 1.82) is 0 Å². The Morgan fingerprint density at radius 1 is 1.61 bits per heavy atom. The molecule has 1 amide bonds. The molecule has 0 radical (unpaired) electrons. The first-order valence-corrected chi connectivity index (χ1v) is 6.56. The maximum atomic E-state index is 11.8. The number of likely N-dealkylation sites (N-methyl/N-ethyl adjacent to an activating group) is 1. The molecule has 18 heavy (non-hydrogen) atoms. The summed E-state index contributed by atoms with van der Waals surface area (Å²) in [5.41, 5.74) is 0. The number of aliphatic carboxylic acids is 1. The number of amides is 1. The van der Waals surface area contributed by atoms with Crippen LogP contribution in [0.4, 0.5) is 0 Å². The zero-order chi connectivity index (χ0) is 13.3. The van der Waals surface area contributed by atoms with Crippen LogP contribution in [0.15, 0.2) is 12.1 Å². The van der Waals surface area contributed by atoms with E-state index in [0.29, 0.717) is 6.54 Å². The first-order chi connectivity index (χ1) is 8.54. The number of carboxylic acids is 1. The van der Waals surface area contributed by atoms with Crippen LogP contribution in [0.1, 0.15) is 22.7 Å². The van der Waals surface area contributed by atoms with Gasteiger partial charge in [-0.05, 0) is 26.0 Å². The van der Waals surface area contributed by atoms with E-state index in [-0.39, 0.29) is 12.5 Å². The molecule has 2 rings (SSSR count). The van der Waals surface area contributed by atoms with Crippen LogP contribution >= 0.6 is 11.3 Å². The Labute approximate surface area is 109 Å². The molecule has 1 saturated heterocycles. The van der Waals surface area contributed by atoms with Crippen molar-refractivity contribution in [2.75, 3.05) is 13.2 Å². The summed E-state index contributed by atoms with van der Waals surface area (Å²) in [6.45, 7) is 4.11. The van der Waals surface area contributed by atoms with Gasteiger partial charge in [-0.3, -0.25) is 4.79 Å². The SMILES string of the molecule is CCN1C(=O)COC(C(=O)O)C1c1ccc(C)s1. The minimum absolute atomic E-state index is 0.161. The fourth-order valence-electron chi connectivity index (χ4n) is 2.15. The summed E-state index contributed by atoms with van der Waals surface area (Å²) in [5, 5.41) is 9.22. The van der Waals surface area contributed by atoms with Crippen molar-refractivity contribution in [3.05, 3.63) is 21.9 Å². The third kappa shape index (κ3) is 2.26. The van der Waals surface area contributed by atoms with Crippen LogP contribution in [0, 0.1) is 6.92 Å². The van der Waals surface area contributed by atoms with Crippen molar-refractivity contribution in [3.8, 4) is 0 Å². The summed E-state index contributed by atoms with van der Waals surface area (Å²) in [6.07, 6.45) is -0.985. The Hall–Kier alpha value is -1.40. The highest BCUT2D eigenvalue weighted by molar-refractivity contribution is 7.12.